The third kappa shape index (κ3) is 14.6. The van der Waals surface area contributed by atoms with Crippen molar-refractivity contribution in [2.24, 2.45) is 0 Å². The Kier molecular flexibility index (Phi) is 19.2. The summed E-state index contributed by atoms with van der Waals surface area (Å²) in [4.78, 5) is 11.9. The summed E-state index contributed by atoms with van der Waals surface area (Å²) in [6, 6.07) is 0. The standard InChI is InChI=1S/C27H50O9/c1-2-3-4-5-6-7-8-9-10-11-12-13-14-15-16-17-23(30)34-19-21(29)20-35-27-26(33)25(32)24(31)22(18-28)36-27/h9-10,21-22,24-29,31-33H,2-8,11-20H2,1H3/b10-9-. The van der Waals surface area contributed by atoms with Gasteiger partial charge in [0.05, 0.1) is 13.2 Å². The Labute approximate surface area is 216 Å². The first-order valence-corrected chi connectivity index (χ1v) is 13.8. The van der Waals surface area contributed by atoms with Gasteiger partial charge in [-0.15, -0.1) is 0 Å². The van der Waals surface area contributed by atoms with Crippen LogP contribution in [0.2, 0.25) is 0 Å². The zero-order valence-electron chi connectivity index (χ0n) is 22.0. The van der Waals surface area contributed by atoms with Crippen LogP contribution in [0.5, 0.6) is 0 Å². The zero-order valence-corrected chi connectivity index (χ0v) is 22.0. The first kappa shape index (κ1) is 33.0. The van der Waals surface area contributed by atoms with E-state index in [1.165, 1.54) is 44.9 Å². The number of allylic oxidation sites excluding steroid dienone is 2. The fourth-order valence-corrected chi connectivity index (χ4v) is 4.06. The molecular weight excluding hydrogens is 468 g/mol. The second kappa shape index (κ2) is 20.9. The number of hydrogen-bond acceptors (Lipinski definition) is 9. The molecule has 1 rings (SSSR count). The van der Waals surface area contributed by atoms with Crippen LogP contribution in [-0.4, -0.2) is 88.1 Å². The number of carbonyl (C=O) groups excluding carboxylic acids is 1. The van der Waals surface area contributed by atoms with Crippen LogP contribution in [-0.2, 0) is 19.0 Å². The number of rotatable bonds is 21. The quantitative estimate of drug-likeness (QED) is 0.0879. The summed E-state index contributed by atoms with van der Waals surface area (Å²) in [6.07, 6.45) is 12.1. The highest BCUT2D eigenvalue weighted by atomic mass is 16.7. The summed E-state index contributed by atoms with van der Waals surface area (Å²) in [7, 11) is 0. The van der Waals surface area contributed by atoms with E-state index in [4.69, 9.17) is 19.3 Å². The maximum Gasteiger partial charge on any atom is 0.305 e. The van der Waals surface area contributed by atoms with Crippen molar-refractivity contribution in [3.63, 3.8) is 0 Å². The highest BCUT2D eigenvalue weighted by Gasteiger charge is 2.44. The molecule has 9 heteroatoms. The molecule has 1 saturated heterocycles. The molecule has 0 aromatic carbocycles. The van der Waals surface area contributed by atoms with Gasteiger partial charge < -0.3 is 39.7 Å². The van der Waals surface area contributed by atoms with Crippen LogP contribution in [0.4, 0.5) is 0 Å². The van der Waals surface area contributed by atoms with E-state index in [9.17, 15) is 25.2 Å². The van der Waals surface area contributed by atoms with Gasteiger partial charge in [-0.1, -0.05) is 70.4 Å². The van der Waals surface area contributed by atoms with Gasteiger partial charge in [0.1, 0.15) is 37.1 Å². The maximum atomic E-state index is 11.9. The molecule has 1 heterocycles. The molecule has 1 aliphatic heterocycles. The second-order valence-corrected chi connectivity index (χ2v) is 9.70. The number of aliphatic hydroxyl groups excluding tert-OH is 5. The number of unbranched alkanes of at least 4 members (excludes halogenated alkanes) is 11. The van der Waals surface area contributed by atoms with Gasteiger partial charge in [-0.2, -0.15) is 0 Å². The van der Waals surface area contributed by atoms with Crippen molar-refractivity contribution in [2.75, 3.05) is 19.8 Å². The van der Waals surface area contributed by atoms with Gasteiger partial charge in [-0.05, 0) is 32.1 Å². The zero-order chi connectivity index (χ0) is 26.6. The molecule has 0 aliphatic carbocycles. The van der Waals surface area contributed by atoms with Crippen molar-refractivity contribution in [1.29, 1.82) is 0 Å². The van der Waals surface area contributed by atoms with Gasteiger partial charge in [0.15, 0.2) is 6.29 Å². The molecule has 0 radical (unpaired) electrons. The minimum atomic E-state index is -1.55. The van der Waals surface area contributed by atoms with Gasteiger partial charge in [0.25, 0.3) is 0 Å². The van der Waals surface area contributed by atoms with E-state index >= 15 is 0 Å². The molecule has 6 atom stereocenters. The lowest BCUT2D eigenvalue weighted by molar-refractivity contribution is -0.305. The van der Waals surface area contributed by atoms with Crippen LogP contribution >= 0.6 is 0 Å². The van der Waals surface area contributed by atoms with E-state index in [0.29, 0.717) is 6.42 Å². The van der Waals surface area contributed by atoms with Crippen LogP contribution in [0.3, 0.4) is 0 Å². The van der Waals surface area contributed by atoms with Crippen molar-refractivity contribution in [2.45, 2.75) is 134 Å². The highest BCUT2D eigenvalue weighted by Crippen LogP contribution is 2.22. The molecule has 9 nitrogen and oxygen atoms in total. The average molecular weight is 519 g/mol. The maximum absolute atomic E-state index is 11.9. The van der Waals surface area contributed by atoms with Crippen molar-refractivity contribution >= 4 is 5.97 Å². The molecule has 212 valence electrons. The minimum Gasteiger partial charge on any atom is -0.463 e. The fraction of sp³-hybridized carbons (Fsp3) is 0.889. The predicted molar refractivity (Wildman–Crippen MR) is 136 cm³/mol. The van der Waals surface area contributed by atoms with Crippen LogP contribution in [0.25, 0.3) is 0 Å². The van der Waals surface area contributed by atoms with Crippen LogP contribution in [0.1, 0.15) is 96.8 Å². The van der Waals surface area contributed by atoms with Crippen molar-refractivity contribution < 1.29 is 44.5 Å². The van der Waals surface area contributed by atoms with E-state index in [2.05, 4.69) is 19.1 Å². The molecule has 36 heavy (non-hydrogen) atoms. The smallest absolute Gasteiger partial charge is 0.305 e. The largest absolute Gasteiger partial charge is 0.463 e. The van der Waals surface area contributed by atoms with Gasteiger partial charge in [0.2, 0.25) is 0 Å². The first-order valence-electron chi connectivity index (χ1n) is 13.8. The van der Waals surface area contributed by atoms with E-state index in [0.717, 1.165) is 38.5 Å². The highest BCUT2D eigenvalue weighted by molar-refractivity contribution is 5.69. The number of ether oxygens (including phenoxy) is 3. The van der Waals surface area contributed by atoms with Gasteiger partial charge in [-0.25, -0.2) is 0 Å². The van der Waals surface area contributed by atoms with Gasteiger partial charge >= 0.3 is 5.97 Å². The van der Waals surface area contributed by atoms with Gasteiger partial charge in [0, 0.05) is 6.42 Å². The molecule has 1 fully saturated rings. The van der Waals surface area contributed by atoms with Crippen molar-refractivity contribution in [3.8, 4) is 0 Å². The van der Waals surface area contributed by atoms with E-state index in [-0.39, 0.29) is 19.2 Å². The van der Waals surface area contributed by atoms with E-state index in [1.807, 2.05) is 0 Å². The normalized spacial score (nSPS) is 25.3. The lowest BCUT2D eigenvalue weighted by Crippen LogP contribution is -2.59. The first-order chi connectivity index (χ1) is 17.4. The molecule has 0 amide bonds. The predicted octanol–water partition coefficient (Wildman–Crippen LogP) is 2.74. The molecule has 0 aromatic rings. The fourth-order valence-electron chi connectivity index (χ4n) is 4.06. The summed E-state index contributed by atoms with van der Waals surface area (Å²) in [5, 5.41) is 48.5. The summed E-state index contributed by atoms with van der Waals surface area (Å²) in [6.45, 7) is 1.09. The Morgan fingerprint density at radius 1 is 0.833 bits per heavy atom. The number of aliphatic hydroxyl groups is 5. The number of carbonyl (C=O) groups is 1. The molecule has 1 aliphatic rings. The second-order valence-electron chi connectivity index (χ2n) is 9.70. The van der Waals surface area contributed by atoms with E-state index < -0.39 is 43.4 Å². The Bertz CT molecular complexity index is 569. The molecule has 0 aromatic heterocycles. The monoisotopic (exact) mass is 518 g/mol. The van der Waals surface area contributed by atoms with Crippen LogP contribution in [0.15, 0.2) is 12.2 Å². The molecule has 0 spiro atoms. The summed E-state index contributed by atoms with van der Waals surface area (Å²) in [5.74, 6) is -0.389. The summed E-state index contributed by atoms with van der Waals surface area (Å²) < 4.78 is 15.5. The summed E-state index contributed by atoms with van der Waals surface area (Å²) in [5.41, 5.74) is 0. The Balaban J connectivity index is 1.98. The third-order valence-electron chi connectivity index (χ3n) is 6.38. The van der Waals surface area contributed by atoms with Crippen LogP contribution in [0, 0.1) is 0 Å². The Hall–Kier alpha value is -1.07. The molecular formula is C27H50O9. The topological polar surface area (TPSA) is 146 Å². The Morgan fingerprint density at radius 3 is 2.03 bits per heavy atom. The van der Waals surface area contributed by atoms with Gasteiger partial charge in [-0.3, -0.25) is 4.79 Å². The third-order valence-corrected chi connectivity index (χ3v) is 6.38. The lowest BCUT2D eigenvalue weighted by atomic mass is 9.99. The lowest BCUT2D eigenvalue weighted by Gasteiger charge is -2.39. The van der Waals surface area contributed by atoms with Crippen LogP contribution < -0.4 is 0 Å². The summed E-state index contributed by atoms with van der Waals surface area (Å²) >= 11 is 0. The van der Waals surface area contributed by atoms with Crippen molar-refractivity contribution in [3.05, 3.63) is 12.2 Å². The number of esters is 1. The Morgan fingerprint density at radius 2 is 1.42 bits per heavy atom. The number of hydrogen-bond donors (Lipinski definition) is 5. The molecule has 6 unspecified atom stereocenters. The molecule has 5 N–H and O–H groups in total. The molecule has 0 bridgehead atoms. The SMILES string of the molecule is CCCCCCCC/C=C\CCCCCCCC(=O)OCC(O)COC1OC(CO)C(O)C(O)C1O. The van der Waals surface area contributed by atoms with E-state index in [1.54, 1.807) is 0 Å². The minimum absolute atomic E-state index is 0.263. The molecule has 0 saturated carbocycles. The van der Waals surface area contributed by atoms with Crippen molar-refractivity contribution in [1.82, 2.24) is 0 Å². The average Bonchev–Trinajstić information content (AvgIpc) is 2.88.